The van der Waals surface area contributed by atoms with Crippen LogP contribution in [0.3, 0.4) is 0 Å². The number of nitrogens with zero attached hydrogens (tertiary/aromatic N) is 4. The first-order chi connectivity index (χ1) is 12.0. The fourth-order valence-corrected chi connectivity index (χ4v) is 4.77. The van der Waals surface area contributed by atoms with Gasteiger partial charge < -0.3 is 5.11 Å². The molecular formula is C18H21ClN4OS. The van der Waals surface area contributed by atoms with E-state index in [-0.39, 0.29) is 11.9 Å². The number of benzene rings is 1. The standard InChI is InChI=1S/C18H21ClN4OS/c1-11-7-9-22(10-8-11)15(13-3-5-14(19)6-4-13)16-17(24)23-18(25-16)20-12(2)21-23/h3-6,11,15,24H,7-10H2,1-2H3/t15-/m1/s1. The summed E-state index contributed by atoms with van der Waals surface area (Å²) in [4.78, 5) is 8.48. The van der Waals surface area contributed by atoms with Crippen LogP contribution in [0, 0.1) is 12.8 Å². The lowest BCUT2D eigenvalue weighted by Gasteiger charge is -2.36. The largest absolute Gasteiger partial charge is 0.492 e. The van der Waals surface area contributed by atoms with Crippen molar-refractivity contribution in [1.29, 1.82) is 0 Å². The molecule has 1 fully saturated rings. The van der Waals surface area contributed by atoms with Gasteiger partial charge in [0.25, 0.3) is 0 Å². The van der Waals surface area contributed by atoms with Crippen LogP contribution in [-0.2, 0) is 0 Å². The Bertz CT molecular complexity index is 881. The Kier molecular flexibility index (Phi) is 4.43. The van der Waals surface area contributed by atoms with Gasteiger partial charge in [-0.2, -0.15) is 4.52 Å². The smallest absolute Gasteiger partial charge is 0.230 e. The van der Waals surface area contributed by atoms with Crippen molar-refractivity contribution < 1.29 is 5.11 Å². The first kappa shape index (κ1) is 16.8. The van der Waals surface area contributed by atoms with Gasteiger partial charge in [0.1, 0.15) is 5.82 Å². The van der Waals surface area contributed by atoms with Crippen molar-refractivity contribution in [3.05, 3.63) is 45.6 Å². The molecule has 1 saturated heterocycles. The van der Waals surface area contributed by atoms with Crippen LogP contribution < -0.4 is 0 Å². The summed E-state index contributed by atoms with van der Waals surface area (Å²) >= 11 is 7.59. The van der Waals surface area contributed by atoms with Gasteiger partial charge >= 0.3 is 0 Å². The Morgan fingerprint density at radius 3 is 2.56 bits per heavy atom. The third-order valence-electron chi connectivity index (χ3n) is 4.92. The first-order valence-electron chi connectivity index (χ1n) is 8.57. The fourth-order valence-electron chi connectivity index (χ4n) is 3.49. The first-order valence-corrected chi connectivity index (χ1v) is 9.77. The summed E-state index contributed by atoms with van der Waals surface area (Å²) in [6.45, 7) is 6.17. The number of piperidine rings is 1. The second kappa shape index (κ2) is 6.59. The summed E-state index contributed by atoms with van der Waals surface area (Å²) in [6, 6.07) is 7.92. The van der Waals surface area contributed by atoms with Crippen LogP contribution in [0.1, 0.15) is 42.1 Å². The molecule has 0 spiro atoms. The molecule has 0 radical (unpaired) electrons. The van der Waals surface area contributed by atoms with Crippen LogP contribution in [0.15, 0.2) is 24.3 Å². The molecule has 7 heteroatoms. The van der Waals surface area contributed by atoms with Gasteiger partial charge in [0.15, 0.2) is 0 Å². The maximum atomic E-state index is 10.8. The molecule has 0 saturated carbocycles. The highest BCUT2D eigenvalue weighted by molar-refractivity contribution is 7.17. The van der Waals surface area contributed by atoms with E-state index < -0.39 is 0 Å². The number of likely N-dealkylation sites (tertiary alicyclic amines) is 1. The molecule has 132 valence electrons. The zero-order chi connectivity index (χ0) is 17.6. The number of thiazole rings is 1. The van der Waals surface area contributed by atoms with E-state index in [1.807, 2.05) is 31.2 Å². The van der Waals surface area contributed by atoms with Gasteiger partial charge in [-0.3, -0.25) is 4.90 Å². The molecule has 2 aromatic heterocycles. The van der Waals surface area contributed by atoms with E-state index in [1.54, 1.807) is 4.52 Å². The van der Waals surface area contributed by atoms with E-state index in [1.165, 1.54) is 24.2 Å². The lowest BCUT2D eigenvalue weighted by Crippen LogP contribution is -2.36. The number of aromatic hydroxyl groups is 1. The molecule has 0 amide bonds. The van der Waals surface area contributed by atoms with Gasteiger partial charge in [-0.05, 0) is 56.5 Å². The lowest BCUT2D eigenvalue weighted by molar-refractivity contribution is 0.157. The minimum Gasteiger partial charge on any atom is -0.492 e. The summed E-state index contributed by atoms with van der Waals surface area (Å²) in [5.74, 6) is 1.61. The molecule has 0 bridgehead atoms. The summed E-state index contributed by atoms with van der Waals surface area (Å²) < 4.78 is 1.55. The molecule has 3 heterocycles. The van der Waals surface area contributed by atoms with Gasteiger partial charge in [0, 0.05) is 5.02 Å². The summed E-state index contributed by atoms with van der Waals surface area (Å²) in [5.41, 5.74) is 1.13. The number of aromatic nitrogens is 3. The van der Waals surface area contributed by atoms with Crippen molar-refractivity contribution in [2.45, 2.75) is 32.7 Å². The highest BCUT2D eigenvalue weighted by Gasteiger charge is 2.31. The van der Waals surface area contributed by atoms with E-state index in [9.17, 15) is 5.11 Å². The molecule has 1 N–H and O–H groups in total. The number of fused-ring (bicyclic) bond motifs is 1. The maximum Gasteiger partial charge on any atom is 0.230 e. The quantitative estimate of drug-likeness (QED) is 0.741. The molecule has 0 unspecified atom stereocenters. The van der Waals surface area contributed by atoms with E-state index in [0.29, 0.717) is 5.82 Å². The average molecular weight is 377 g/mol. The number of hydrogen-bond donors (Lipinski definition) is 1. The fraction of sp³-hybridized carbons (Fsp3) is 0.444. The number of halogens is 1. The molecule has 25 heavy (non-hydrogen) atoms. The minimum absolute atomic E-state index is 0.00132. The third kappa shape index (κ3) is 3.14. The van der Waals surface area contributed by atoms with Crippen molar-refractivity contribution in [2.24, 2.45) is 5.92 Å². The van der Waals surface area contributed by atoms with Gasteiger partial charge in [-0.1, -0.05) is 42.0 Å². The molecule has 4 rings (SSSR count). The monoisotopic (exact) mass is 376 g/mol. The Morgan fingerprint density at radius 1 is 1.24 bits per heavy atom. The van der Waals surface area contributed by atoms with Crippen LogP contribution in [0.25, 0.3) is 4.96 Å². The molecule has 0 aliphatic carbocycles. The van der Waals surface area contributed by atoms with Crippen LogP contribution >= 0.6 is 22.9 Å². The normalized spacial score (nSPS) is 18.0. The lowest BCUT2D eigenvalue weighted by atomic mass is 9.95. The topological polar surface area (TPSA) is 53.7 Å². The van der Waals surface area contributed by atoms with Crippen LogP contribution in [0.2, 0.25) is 5.02 Å². The Labute approximate surface area is 155 Å². The van der Waals surface area contributed by atoms with Crippen molar-refractivity contribution in [3.8, 4) is 5.88 Å². The zero-order valence-electron chi connectivity index (χ0n) is 14.3. The second-order valence-electron chi connectivity index (χ2n) is 6.82. The van der Waals surface area contributed by atoms with Crippen molar-refractivity contribution in [2.75, 3.05) is 13.1 Å². The number of hydrogen-bond acceptors (Lipinski definition) is 5. The van der Waals surface area contributed by atoms with E-state index >= 15 is 0 Å². The van der Waals surface area contributed by atoms with Gasteiger partial charge in [0.2, 0.25) is 10.8 Å². The van der Waals surface area contributed by atoms with Crippen molar-refractivity contribution in [3.63, 3.8) is 0 Å². The molecule has 1 atom stereocenters. The highest BCUT2D eigenvalue weighted by atomic mass is 35.5. The van der Waals surface area contributed by atoms with Gasteiger partial charge in [0.05, 0.1) is 10.9 Å². The van der Waals surface area contributed by atoms with Crippen molar-refractivity contribution >= 4 is 27.9 Å². The van der Waals surface area contributed by atoms with E-state index in [0.717, 1.165) is 39.4 Å². The summed E-state index contributed by atoms with van der Waals surface area (Å²) in [5, 5.41) is 15.8. The Balaban J connectivity index is 1.79. The number of aryl methyl sites for hydroxylation is 1. The molecule has 1 aliphatic rings. The molecule has 1 aliphatic heterocycles. The highest BCUT2D eigenvalue weighted by Crippen LogP contribution is 2.41. The minimum atomic E-state index is -0.00132. The van der Waals surface area contributed by atoms with E-state index in [2.05, 4.69) is 21.9 Å². The van der Waals surface area contributed by atoms with Crippen LogP contribution in [-0.4, -0.2) is 37.7 Å². The number of rotatable bonds is 3. The Hall–Kier alpha value is -1.63. The summed E-state index contributed by atoms with van der Waals surface area (Å²) in [6.07, 6.45) is 2.34. The maximum absolute atomic E-state index is 10.8. The predicted molar refractivity (Wildman–Crippen MR) is 101 cm³/mol. The van der Waals surface area contributed by atoms with E-state index in [4.69, 9.17) is 11.6 Å². The zero-order valence-corrected chi connectivity index (χ0v) is 15.9. The average Bonchev–Trinajstić information content (AvgIpc) is 3.09. The van der Waals surface area contributed by atoms with Gasteiger partial charge in [-0.15, -0.1) is 5.10 Å². The van der Waals surface area contributed by atoms with Crippen LogP contribution in [0.4, 0.5) is 0 Å². The second-order valence-corrected chi connectivity index (χ2v) is 8.26. The van der Waals surface area contributed by atoms with Crippen molar-refractivity contribution in [1.82, 2.24) is 19.5 Å². The molecule has 1 aromatic carbocycles. The SMILES string of the molecule is Cc1nc2sc([C@@H](c3ccc(Cl)cc3)N3CCC(C)CC3)c(O)n2n1. The Morgan fingerprint density at radius 2 is 1.92 bits per heavy atom. The third-order valence-corrected chi connectivity index (χ3v) is 6.25. The molecular weight excluding hydrogens is 356 g/mol. The molecule has 5 nitrogen and oxygen atoms in total. The predicted octanol–water partition coefficient (Wildman–Crippen LogP) is 4.28. The van der Waals surface area contributed by atoms with Gasteiger partial charge in [-0.25, -0.2) is 4.98 Å². The van der Waals surface area contributed by atoms with Crippen LogP contribution in [0.5, 0.6) is 5.88 Å². The molecule has 3 aromatic rings. The summed E-state index contributed by atoms with van der Waals surface area (Å²) in [7, 11) is 0.